The predicted molar refractivity (Wildman–Crippen MR) is 64.4 cm³/mol. The minimum Gasteiger partial charge on any atom is -0.466 e. The fourth-order valence-corrected chi connectivity index (χ4v) is 1.23. The molecule has 3 N–H and O–H groups in total. The number of hydrogen-bond acceptors (Lipinski definition) is 5. The normalized spacial score (nSPS) is 13.3. The van der Waals surface area contributed by atoms with Crippen molar-refractivity contribution in [1.29, 1.82) is 0 Å². The molecule has 6 heteroatoms. The van der Waals surface area contributed by atoms with E-state index < -0.39 is 17.7 Å². The Labute approximate surface area is 105 Å². The number of ether oxygens (including phenoxy) is 2. The summed E-state index contributed by atoms with van der Waals surface area (Å²) in [7, 11) is 1.18. The number of nitrogens with one attached hydrogen (secondary N) is 1. The summed E-state index contributed by atoms with van der Waals surface area (Å²) in [5.74, 6) is -0.751. The average molecular weight is 252 g/mol. The Kier molecular flexibility index (Phi) is 4.67. The molecule has 6 nitrogen and oxygen atoms in total. The van der Waals surface area contributed by atoms with E-state index >= 15 is 0 Å². The van der Waals surface area contributed by atoms with Gasteiger partial charge in [-0.05, 0) is 12.5 Å². The maximum Gasteiger partial charge on any atom is 0.409 e. The van der Waals surface area contributed by atoms with Gasteiger partial charge in [-0.15, -0.1) is 0 Å². The van der Waals surface area contributed by atoms with Gasteiger partial charge in [-0.1, -0.05) is 30.3 Å². The van der Waals surface area contributed by atoms with E-state index in [-0.39, 0.29) is 6.61 Å². The van der Waals surface area contributed by atoms with Crippen molar-refractivity contribution in [3.05, 3.63) is 35.9 Å². The van der Waals surface area contributed by atoms with Gasteiger partial charge in [0, 0.05) is 0 Å². The molecule has 0 aromatic heterocycles. The molecule has 1 aromatic carbocycles. The van der Waals surface area contributed by atoms with Crippen LogP contribution in [0.5, 0.6) is 0 Å². The Hall–Kier alpha value is -2.08. The molecule has 0 radical (unpaired) electrons. The number of esters is 1. The highest BCUT2D eigenvalue weighted by Gasteiger charge is 2.31. The van der Waals surface area contributed by atoms with Crippen LogP contribution < -0.4 is 11.1 Å². The monoisotopic (exact) mass is 252 g/mol. The van der Waals surface area contributed by atoms with Crippen molar-refractivity contribution < 1.29 is 19.1 Å². The number of rotatable bonds is 4. The van der Waals surface area contributed by atoms with Gasteiger partial charge in [0.05, 0.1) is 7.11 Å². The topological polar surface area (TPSA) is 90.6 Å². The molecule has 0 spiro atoms. The lowest BCUT2D eigenvalue weighted by Gasteiger charge is -2.22. The van der Waals surface area contributed by atoms with Gasteiger partial charge >= 0.3 is 12.1 Å². The molecule has 0 saturated carbocycles. The van der Waals surface area contributed by atoms with Crippen molar-refractivity contribution in [2.45, 2.75) is 19.2 Å². The number of carbonyl (C=O) groups is 2. The zero-order valence-corrected chi connectivity index (χ0v) is 10.3. The highest BCUT2D eigenvalue weighted by atomic mass is 16.6. The van der Waals surface area contributed by atoms with Gasteiger partial charge in [0.2, 0.25) is 0 Å². The minimum absolute atomic E-state index is 0.101. The van der Waals surface area contributed by atoms with E-state index in [9.17, 15) is 9.59 Å². The van der Waals surface area contributed by atoms with Crippen LogP contribution in [0.25, 0.3) is 0 Å². The number of methoxy groups -OCH3 is 1. The van der Waals surface area contributed by atoms with E-state index in [1.165, 1.54) is 14.0 Å². The lowest BCUT2D eigenvalue weighted by atomic mass is 10.2. The van der Waals surface area contributed by atoms with E-state index in [1.54, 1.807) is 0 Å². The zero-order chi connectivity index (χ0) is 13.6. The van der Waals surface area contributed by atoms with Crippen LogP contribution in [-0.2, 0) is 20.9 Å². The largest absolute Gasteiger partial charge is 0.466 e. The molecular weight excluding hydrogens is 236 g/mol. The molecule has 0 fully saturated rings. The summed E-state index contributed by atoms with van der Waals surface area (Å²) in [5, 5.41) is 2.22. The number of carbonyl (C=O) groups excluding carboxylic acids is 2. The van der Waals surface area contributed by atoms with Crippen molar-refractivity contribution in [2.75, 3.05) is 7.11 Å². The SMILES string of the molecule is COC(=O)[C@](C)(N)NC(=O)OCc1ccccc1. The van der Waals surface area contributed by atoms with Gasteiger partial charge in [0.25, 0.3) is 0 Å². The number of benzene rings is 1. The number of alkyl carbamates (subject to hydrolysis) is 1. The molecule has 98 valence electrons. The highest BCUT2D eigenvalue weighted by molar-refractivity contribution is 5.84. The second-order valence-corrected chi connectivity index (χ2v) is 3.88. The Balaban J connectivity index is 2.45. The molecular formula is C12H16N2O4. The van der Waals surface area contributed by atoms with E-state index in [0.29, 0.717) is 0 Å². The van der Waals surface area contributed by atoms with E-state index in [4.69, 9.17) is 10.5 Å². The van der Waals surface area contributed by atoms with Gasteiger partial charge in [0.1, 0.15) is 6.61 Å². The number of hydrogen-bond donors (Lipinski definition) is 2. The second kappa shape index (κ2) is 6.02. The summed E-state index contributed by atoms with van der Waals surface area (Å²) < 4.78 is 9.37. The van der Waals surface area contributed by atoms with Gasteiger partial charge in [-0.25, -0.2) is 9.59 Å². The average Bonchev–Trinajstić information content (AvgIpc) is 2.36. The van der Waals surface area contributed by atoms with Crippen LogP contribution >= 0.6 is 0 Å². The van der Waals surface area contributed by atoms with Gasteiger partial charge < -0.3 is 9.47 Å². The maximum atomic E-state index is 11.4. The second-order valence-electron chi connectivity index (χ2n) is 3.88. The number of amides is 1. The minimum atomic E-state index is -1.61. The third-order valence-corrected chi connectivity index (χ3v) is 2.18. The van der Waals surface area contributed by atoms with Crippen LogP contribution in [0.1, 0.15) is 12.5 Å². The molecule has 0 aliphatic heterocycles. The van der Waals surface area contributed by atoms with Crippen molar-refractivity contribution in [3.63, 3.8) is 0 Å². The molecule has 0 aliphatic carbocycles. The zero-order valence-electron chi connectivity index (χ0n) is 10.3. The summed E-state index contributed by atoms with van der Waals surface area (Å²) in [6.45, 7) is 1.42. The fourth-order valence-electron chi connectivity index (χ4n) is 1.23. The summed E-state index contributed by atoms with van der Waals surface area (Å²) in [4.78, 5) is 22.7. The highest BCUT2D eigenvalue weighted by Crippen LogP contribution is 2.02. The first-order valence-corrected chi connectivity index (χ1v) is 5.32. The van der Waals surface area contributed by atoms with Crippen LogP contribution in [0.2, 0.25) is 0 Å². The first-order chi connectivity index (χ1) is 8.45. The first-order valence-electron chi connectivity index (χ1n) is 5.32. The summed E-state index contributed by atoms with van der Waals surface area (Å²) in [5.41, 5.74) is 4.78. The van der Waals surface area contributed by atoms with Crippen LogP contribution in [0, 0.1) is 0 Å². The molecule has 0 unspecified atom stereocenters. The Morgan fingerprint density at radius 2 is 1.94 bits per heavy atom. The summed E-state index contributed by atoms with van der Waals surface area (Å²) >= 11 is 0. The molecule has 0 saturated heterocycles. The van der Waals surface area contributed by atoms with E-state index in [2.05, 4.69) is 10.1 Å². The molecule has 0 heterocycles. The third-order valence-electron chi connectivity index (χ3n) is 2.18. The molecule has 0 bridgehead atoms. The van der Waals surface area contributed by atoms with Gasteiger partial charge in [-0.2, -0.15) is 0 Å². The van der Waals surface area contributed by atoms with Crippen molar-refractivity contribution in [3.8, 4) is 0 Å². The van der Waals surface area contributed by atoms with E-state index in [0.717, 1.165) is 5.56 Å². The molecule has 1 rings (SSSR count). The number of nitrogens with two attached hydrogens (primary N) is 1. The maximum absolute atomic E-state index is 11.4. The summed E-state index contributed by atoms with van der Waals surface area (Å²) in [6, 6.07) is 9.15. The Morgan fingerprint density at radius 3 is 2.50 bits per heavy atom. The van der Waals surface area contributed by atoms with Crippen LogP contribution in [0.3, 0.4) is 0 Å². The molecule has 18 heavy (non-hydrogen) atoms. The molecule has 1 atom stereocenters. The third kappa shape index (κ3) is 4.06. The standard InChI is InChI=1S/C12H16N2O4/c1-12(13,10(15)17-2)14-11(16)18-8-9-6-4-3-5-7-9/h3-7H,8,13H2,1-2H3,(H,14,16)/t12-/m1/s1. The van der Waals surface area contributed by atoms with Gasteiger partial charge in [-0.3, -0.25) is 11.1 Å². The van der Waals surface area contributed by atoms with Crippen molar-refractivity contribution in [2.24, 2.45) is 5.73 Å². The molecule has 1 amide bonds. The quantitative estimate of drug-likeness (QED) is 0.610. The van der Waals surface area contributed by atoms with Crippen molar-refractivity contribution >= 4 is 12.1 Å². The van der Waals surface area contributed by atoms with Crippen molar-refractivity contribution in [1.82, 2.24) is 5.32 Å². The Morgan fingerprint density at radius 1 is 1.33 bits per heavy atom. The predicted octanol–water partition coefficient (Wildman–Crippen LogP) is 0.761. The first kappa shape index (κ1) is 14.0. The van der Waals surface area contributed by atoms with Gasteiger partial charge in [0.15, 0.2) is 5.66 Å². The Bertz CT molecular complexity index is 417. The fraction of sp³-hybridized carbons (Fsp3) is 0.333. The van der Waals surface area contributed by atoms with Crippen LogP contribution in [0.4, 0.5) is 4.79 Å². The molecule has 1 aromatic rings. The lowest BCUT2D eigenvalue weighted by Crippen LogP contribution is -2.59. The smallest absolute Gasteiger partial charge is 0.409 e. The molecule has 0 aliphatic rings. The lowest BCUT2D eigenvalue weighted by molar-refractivity contribution is -0.147. The van der Waals surface area contributed by atoms with E-state index in [1.807, 2.05) is 30.3 Å². The summed E-state index contributed by atoms with van der Waals surface area (Å²) in [6.07, 6.45) is -0.783. The van der Waals surface area contributed by atoms with Crippen LogP contribution in [0.15, 0.2) is 30.3 Å². The van der Waals surface area contributed by atoms with Crippen LogP contribution in [-0.4, -0.2) is 24.8 Å².